The Bertz CT molecular complexity index is 2570. The number of aryl methyl sites for hydroxylation is 2. The number of nitrogens with one attached hydrogen (secondary N) is 7. The highest BCUT2D eigenvalue weighted by molar-refractivity contribution is 5.95. The van der Waals surface area contributed by atoms with E-state index >= 15 is 0 Å². The molecule has 2 aliphatic heterocycles. The molecule has 3 aromatic carbocycles. The Balaban J connectivity index is 1.08. The van der Waals surface area contributed by atoms with Gasteiger partial charge in [0.2, 0.25) is 41.4 Å². The molecular formula is C58H81N9O7. The van der Waals surface area contributed by atoms with E-state index in [4.69, 9.17) is 0 Å². The Labute approximate surface area is 438 Å². The van der Waals surface area contributed by atoms with E-state index in [1.165, 1.54) is 16.0 Å². The Morgan fingerprint density at radius 2 is 1.19 bits per heavy atom. The summed E-state index contributed by atoms with van der Waals surface area (Å²) in [5.41, 5.74) is 5.49. The van der Waals surface area contributed by atoms with E-state index in [2.05, 4.69) is 55.4 Å². The van der Waals surface area contributed by atoms with Crippen molar-refractivity contribution in [2.24, 2.45) is 16.7 Å². The number of likely N-dealkylation sites (N-methyl/N-ethyl adjacent to an activating group) is 1. The van der Waals surface area contributed by atoms with Crippen LogP contribution in [-0.2, 0) is 59.4 Å². The fourth-order valence-corrected chi connectivity index (χ4v) is 10.9. The molecule has 2 aliphatic carbocycles. The van der Waals surface area contributed by atoms with Gasteiger partial charge in [-0.05, 0) is 122 Å². The smallest absolute Gasteiger partial charge is 0.246 e. The molecule has 0 bridgehead atoms. The Morgan fingerprint density at radius 1 is 0.649 bits per heavy atom. The lowest BCUT2D eigenvalue weighted by Crippen LogP contribution is -2.61. The lowest BCUT2D eigenvalue weighted by atomic mass is 9.83. The molecule has 1 fully saturated rings. The number of rotatable bonds is 16. The molecule has 16 nitrogen and oxygen atoms in total. The van der Waals surface area contributed by atoms with Crippen molar-refractivity contribution in [3.05, 3.63) is 100 Å². The first-order valence-electron chi connectivity index (χ1n) is 26.9. The van der Waals surface area contributed by atoms with E-state index in [1.807, 2.05) is 104 Å². The van der Waals surface area contributed by atoms with Gasteiger partial charge in [-0.3, -0.25) is 33.6 Å². The Morgan fingerprint density at radius 3 is 1.74 bits per heavy atom. The normalized spacial score (nSPS) is 22.1. The van der Waals surface area contributed by atoms with E-state index < -0.39 is 53.0 Å². The second-order valence-corrected chi connectivity index (χ2v) is 23.3. The third-order valence-electron chi connectivity index (χ3n) is 15.7. The van der Waals surface area contributed by atoms with Crippen molar-refractivity contribution >= 4 is 47.0 Å². The standard InChI is InChI=1S/C58H81N9O7/c1-11-34(2)51(69)64-49(57(4,5)6)55(73)66-32-39-28-40(27-26-38(39)29-46(66)53(71)62-44-24-16-20-36-18-12-14-22-42(36)44)60-31-48(68)61-41-30-47(54(72)63-45-25-17-21-37-19-13-15-23-43(37)45)67(33-41)56(74)50(58(7,8)9)65-52(70)35(3)59-10/h12-15,18-19,22-23,26-28,34-35,41,44-47,49-50,59-60H,11,16-17,20-21,24-25,29-33H2,1-10H3,(H,61,68)(H,62,71)(H,63,72)(H,64,69)(H,65,70)/t34-,35+,41+,44?,45?,46+,47+,49-,50-/m1/s1. The maximum absolute atomic E-state index is 14.9. The molecule has 74 heavy (non-hydrogen) atoms. The zero-order valence-electron chi connectivity index (χ0n) is 45.3. The van der Waals surface area contributed by atoms with Crippen LogP contribution in [0.3, 0.4) is 0 Å². The highest BCUT2D eigenvalue weighted by Crippen LogP contribution is 2.35. The van der Waals surface area contributed by atoms with Crippen LogP contribution in [0.25, 0.3) is 0 Å². The second kappa shape index (κ2) is 23.5. The molecule has 7 N–H and O–H groups in total. The van der Waals surface area contributed by atoms with E-state index in [1.54, 1.807) is 18.9 Å². The molecule has 0 aromatic heterocycles. The first-order valence-corrected chi connectivity index (χ1v) is 26.9. The molecule has 9 atom stereocenters. The molecular weight excluding hydrogens is 935 g/mol. The maximum atomic E-state index is 14.9. The monoisotopic (exact) mass is 1020 g/mol. The molecule has 1 saturated heterocycles. The topological polar surface area (TPSA) is 210 Å². The summed E-state index contributed by atoms with van der Waals surface area (Å²) < 4.78 is 0. The summed E-state index contributed by atoms with van der Waals surface area (Å²) in [6, 6.07) is 16.8. The molecule has 7 rings (SSSR count). The van der Waals surface area contributed by atoms with Crippen molar-refractivity contribution in [2.75, 3.05) is 25.5 Å². The van der Waals surface area contributed by atoms with E-state index in [0.717, 1.165) is 60.8 Å². The SMILES string of the molecule is CC[C@@H](C)C(=O)N[C@H](C(=O)N1Cc2cc(NCC(=O)N[C@H]3C[C@@H](C(=O)NC4CCCc5ccccc54)N(C(=O)[C@@H](NC(=O)[C@H](C)NC)C(C)(C)C)C3)ccc2C[C@H]1C(=O)NC1CCCc2ccccc21)C(C)(C)C. The largest absolute Gasteiger partial charge is 0.376 e. The van der Waals surface area contributed by atoms with Gasteiger partial charge < -0.3 is 47.0 Å². The molecule has 7 amide bonds. The van der Waals surface area contributed by atoms with Crippen molar-refractivity contribution in [1.82, 2.24) is 41.7 Å². The van der Waals surface area contributed by atoms with Gasteiger partial charge in [-0.25, -0.2) is 0 Å². The molecule has 4 aliphatic rings. The predicted molar refractivity (Wildman–Crippen MR) is 286 cm³/mol. The van der Waals surface area contributed by atoms with E-state index in [9.17, 15) is 33.6 Å². The van der Waals surface area contributed by atoms with Crippen molar-refractivity contribution < 1.29 is 33.6 Å². The summed E-state index contributed by atoms with van der Waals surface area (Å²) in [4.78, 5) is 102. The van der Waals surface area contributed by atoms with E-state index in [0.29, 0.717) is 12.1 Å². The van der Waals surface area contributed by atoms with Crippen LogP contribution in [0.5, 0.6) is 0 Å². The zero-order valence-corrected chi connectivity index (χ0v) is 45.3. The highest BCUT2D eigenvalue weighted by atomic mass is 16.2. The summed E-state index contributed by atoms with van der Waals surface area (Å²) in [6.45, 7) is 16.8. The van der Waals surface area contributed by atoms with Crippen LogP contribution in [0.4, 0.5) is 5.69 Å². The van der Waals surface area contributed by atoms with Gasteiger partial charge in [-0.15, -0.1) is 0 Å². The quantitative estimate of drug-likeness (QED) is 0.0960. The molecule has 2 heterocycles. The zero-order chi connectivity index (χ0) is 53.6. The molecule has 0 saturated carbocycles. The van der Waals surface area contributed by atoms with Crippen LogP contribution in [0.15, 0.2) is 66.7 Å². The van der Waals surface area contributed by atoms with Crippen LogP contribution < -0.4 is 37.2 Å². The second-order valence-electron chi connectivity index (χ2n) is 23.3. The number of amides is 7. The fraction of sp³-hybridized carbons (Fsp3) is 0.569. The number of carbonyl (C=O) groups is 7. The summed E-state index contributed by atoms with van der Waals surface area (Å²) in [5.74, 6) is -2.53. The van der Waals surface area contributed by atoms with Crippen LogP contribution in [0.2, 0.25) is 0 Å². The van der Waals surface area contributed by atoms with Gasteiger partial charge in [0, 0.05) is 37.2 Å². The van der Waals surface area contributed by atoms with Crippen molar-refractivity contribution in [2.45, 2.75) is 175 Å². The molecule has 0 spiro atoms. The lowest BCUT2D eigenvalue weighted by molar-refractivity contribution is -0.147. The van der Waals surface area contributed by atoms with Crippen molar-refractivity contribution in [3.8, 4) is 0 Å². The Hall–Kier alpha value is -6.29. The minimum absolute atomic E-state index is 0.0615. The van der Waals surface area contributed by atoms with Gasteiger partial charge in [-0.1, -0.05) is 110 Å². The third-order valence-corrected chi connectivity index (χ3v) is 15.7. The average molecular weight is 1020 g/mol. The third kappa shape index (κ3) is 13.0. The summed E-state index contributed by atoms with van der Waals surface area (Å²) >= 11 is 0. The molecule has 2 unspecified atom stereocenters. The van der Waals surface area contributed by atoms with Gasteiger partial charge in [0.05, 0.1) is 24.7 Å². The summed E-state index contributed by atoms with van der Waals surface area (Å²) in [6.07, 6.45) is 6.29. The van der Waals surface area contributed by atoms with Crippen molar-refractivity contribution in [3.63, 3.8) is 0 Å². The van der Waals surface area contributed by atoms with Crippen LogP contribution in [-0.4, -0.2) is 108 Å². The fourth-order valence-electron chi connectivity index (χ4n) is 10.9. The maximum Gasteiger partial charge on any atom is 0.246 e. The van der Waals surface area contributed by atoms with Gasteiger partial charge in [-0.2, -0.15) is 0 Å². The van der Waals surface area contributed by atoms with Gasteiger partial charge in [0.1, 0.15) is 24.2 Å². The van der Waals surface area contributed by atoms with E-state index in [-0.39, 0.29) is 85.9 Å². The van der Waals surface area contributed by atoms with Crippen LogP contribution >= 0.6 is 0 Å². The van der Waals surface area contributed by atoms with Gasteiger partial charge in [0.25, 0.3) is 0 Å². The average Bonchev–Trinajstić information content (AvgIpc) is 3.80. The summed E-state index contributed by atoms with van der Waals surface area (Å²) in [7, 11) is 1.67. The number of likely N-dealkylation sites (tertiary alicyclic amines) is 1. The number of nitrogens with zero attached hydrogens (tertiary/aromatic N) is 2. The first kappa shape index (κ1) is 55.5. The lowest BCUT2D eigenvalue weighted by Gasteiger charge is -2.42. The number of benzene rings is 3. The minimum Gasteiger partial charge on any atom is -0.376 e. The molecule has 0 radical (unpaired) electrons. The predicted octanol–water partition coefficient (Wildman–Crippen LogP) is 5.54. The number of anilines is 1. The van der Waals surface area contributed by atoms with Crippen LogP contribution in [0.1, 0.15) is 146 Å². The van der Waals surface area contributed by atoms with Gasteiger partial charge in [0.15, 0.2) is 0 Å². The minimum atomic E-state index is -0.954. The number of hydrogen-bond acceptors (Lipinski definition) is 9. The number of fused-ring (bicyclic) bond motifs is 3. The number of hydrogen-bond donors (Lipinski definition) is 7. The highest BCUT2D eigenvalue weighted by Gasteiger charge is 2.47. The number of carbonyl (C=O) groups excluding carboxylic acids is 7. The first-order chi connectivity index (χ1) is 35.1. The molecule has 400 valence electrons. The molecule has 3 aromatic rings. The van der Waals surface area contributed by atoms with Crippen LogP contribution in [0, 0.1) is 16.7 Å². The summed E-state index contributed by atoms with van der Waals surface area (Å²) in [5, 5.41) is 21.8. The van der Waals surface area contributed by atoms with Crippen molar-refractivity contribution in [1.29, 1.82) is 0 Å². The van der Waals surface area contributed by atoms with Gasteiger partial charge >= 0.3 is 0 Å². The Kier molecular flexibility index (Phi) is 17.6. The molecule has 16 heteroatoms.